The van der Waals surface area contributed by atoms with Crippen molar-refractivity contribution in [1.82, 2.24) is 25.2 Å². The van der Waals surface area contributed by atoms with E-state index in [0.717, 1.165) is 55.8 Å². The predicted octanol–water partition coefficient (Wildman–Crippen LogP) is 6.86. The zero-order valence-corrected chi connectivity index (χ0v) is 25.8. The highest BCUT2D eigenvalue weighted by Crippen LogP contribution is 2.41. The third-order valence-electron chi connectivity index (χ3n) is 9.59. The molecule has 3 atom stereocenters. The van der Waals surface area contributed by atoms with E-state index < -0.39 is 5.41 Å². The maximum atomic E-state index is 13.9. The van der Waals surface area contributed by atoms with Crippen LogP contribution in [0.1, 0.15) is 80.3 Å². The standard InChI is InChI=1S/C36H45N5O/c1-23-15-24(2)17-28(16-23)34-33(25(3)20-38-12-6-7-26-10-13-37-14-11-26)30-19-32(39-21-31(30)40-34)36(4,5)35(42)41-22-27-8-9-29(41)18-27/h10-11,13-17,19,21,25,27,29,38,40H,6-9,12,18,20,22H2,1-5H3/t25-,27?,29?/m1/s1. The van der Waals surface area contributed by atoms with Crippen LogP contribution in [-0.2, 0) is 16.6 Å². The molecule has 6 rings (SSSR count). The maximum Gasteiger partial charge on any atom is 0.234 e. The van der Waals surface area contributed by atoms with Crippen LogP contribution in [0.3, 0.4) is 0 Å². The molecule has 1 amide bonds. The molecule has 0 radical (unpaired) electrons. The van der Waals surface area contributed by atoms with E-state index in [9.17, 15) is 4.79 Å². The van der Waals surface area contributed by atoms with Gasteiger partial charge in [-0.1, -0.05) is 24.1 Å². The quantitative estimate of drug-likeness (QED) is 0.207. The van der Waals surface area contributed by atoms with E-state index in [-0.39, 0.29) is 11.8 Å². The molecule has 1 aromatic carbocycles. The largest absolute Gasteiger partial charge is 0.353 e. The Hall–Kier alpha value is -3.51. The van der Waals surface area contributed by atoms with Gasteiger partial charge in [0.05, 0.1) is 28.5 Å². The van der Waals surface area contributed by atoms with Gasteiger partial charge in [-0.3, -0.25) is 14.8 Å². The number of nitrogens with zero attached hydrogens (tertiary/aromatic N) is 3. The summed E-state index contributed by atoms with van der Waals surface area (Å²) in [5, 5.41) is 4.89. The number of piperidine rings is 1. The topological polar surface area (TPSA) is 73.9 Å². The number of carbonyl (C=O) groups is 1. The third kappa shape index (κ3) is 5.61. The summed E-state index contributed by atoms with van der Waals surface area (Å²) in [6, 6.07) is 13.5. The summed E-state index contributed by atoms with van der Waals surface area (Å²) >= 11 is 0. The first-order valence-corrected chi connectivity index (χ1v) is 15.7. The fourth-order valence-electron chi connectivity index (χ4n) is 7.34. The molecule has 1 saturated carbocycles. The van der Waals surface area contributed by atoms with Crippen molar-refractivity contribution in [2.45, 2.75) is 84.1 Å². The number of likely N-dealkylation sites (tertiary alicyclic amines) is 1. The smallest absolute Gasteiger partial charge is 0.234 e. The minimum absolute atomic E-state index is 0.220. The lowest BCUT2D eigenvalue weighted by Crippen LogP contribution is -2.47. The van der Waals surface area contributed by atoms with Gasteiger partial charge in [0, 0.05) is 36.9 Å². The first-order chi connectivity index (χ1) is 20.2. The van der Waals surface area contributed by atoms with Gasteiger partial charge in [0.1, 0.15) is 0 Å². The van der Waals surface area contributed by atoms with Crippen molar-refractivity contribution in [3.63, 3.8) is 0 Å². The van der Waals surface area contributed by atoms with Crippen LogP contribution in [0.2, 0.25) is 0 Å². The lowest BCUT2D eigenvalue weighted by molar-refractivity contribution is -0.138. The van der Waals surface area contributed by atoms with Gasteiger partial charge in [-0.25, -0.2) is 0 Å². The summed E-state index contributed by atoms with van der Waals surface area (Å²) in [5.41, 5.74) is 8.68. The second kappa shape index (κ2) is 11.6. The number of amides is 1. The number of aryl methyl sites for hydroxylation is 3. The highest BCUT2D eigenvalue weighted by molar-refractivity contribution is 5.93. The van der Waals surface area contributed by atoms with Crippen molar-refractivity contribution in [2.24, 2.45) is 5.92 Å². The number of pyridine rings is 2. The van der Waals surface area contributed by atoms with Crippen molar-refractivity contribution in [3.8, 4) is 11.3 Å². The lowest BCUT2D eigenvalue weighted by atomic mass is 9.85. The molecule has 1 aliphatic heterocycles. The van der Waals surface area contributed by atoms with Gasteiger partial charge in [0.2, 0.25) is 5.91 Å². The molecular weight excluding hydrogens is 518 g/mol. The Bertz CT molecular complexity index is 1550. The first kappa shape index (κ1) is 28.6. The second-order valence-electron chi connectivity index (χ2n) is 13.4. The number of fused-ring (bicyclic) bond motifs is 3. The average Bonchev–Trinajstić information content (AvgIpc) is 3.71. The summed E-state index contributed by atoms with van der Waals surface area (Å²) in [4.78, 5) is 28.8. The molecule has 0 spiro atoms. The molecule has 1 saturated heterocycles. The molecule has 2 aliphatic rings. The summed E-state index contributed by atoms with van der Waals surface area (Å²) in [6.07, 6.45) is 11.4. The number of benzene rings is 1. The SMILES string of the molecule is Cc1cc(C)cc(-c2[nH]c3cnc(C(C)(C)C(=O)N4CC5CCC4C5)cc3c2[C@H](C)CNCCCc2ccncc2)c1. The van der Waals surface area contributed by atoms with Crippen LogP contribution in [0, 0.1) is 19.8 Å². The van der Waals surface area contributed by atoms with Gasteiger partial charge in [-0.15, -0.1) is 0 Å². The molecule has 4 aromatic rings. The molecule has 6 nitrogen and oxygen atoms in total. The number of hydrogen-bond acceptors (Lipinski definition) is 4. The summed E-state index contributed by atoms with van der Waals surface area (Å²) in [6.45, 7) is 13.5. The molecule has 42 heavy (non-hydrogen) atoms. The van der Waals surface area contributed by atoms with Crippen molar-refractivity contribution >= 4 is 16.8 Å². The highest BCUT2D eigenvalue weighted by Gasteiger charge is 2.45. The minimum Gasteiger partial charge on any atom is -0.353 e. The van der Waals surface area contributed by atoms with Crippen LogP contribution in [0.4, 0.5) is 0 Å². The number of H-pyrrole nitrogens is 1. The van der Waals surface area contributed by atoms with Crippen molar-refractivity contribution in [3.05, 3.63) is 82.9 Å². The van der Waals surface area contributed by atoms with Crippen molar-refractivity contribution < 1.29 is 4.79 Å². The van der Waals surface area contributed by atoms with Crippen molar-refractivity contribution in [1.29, 1.82) is 0 Å². The van der Waals surface area contributed by atoms with Crippen LogP contribution in [0.25, 0.3) is 22.2 Å². The van der Waals surface area contributed by atoms with E-state index >= 15 is 0 Å². The fourth-order valence-corrected chi connectivity index (χ4v) is 7.34. The molecule has 3 aromatic heterocycles. The number of nitrogens with one attached hydrogen (secondary N) is 2. The van der Waals surface area contributed by atoms with Gasteiger partial charge < -0.3 is 15.2 Å². The number of hydrogen-bond donors (Lipinski definition) is 2. The molecule has 2 fully saturated rings. The lowest BCUT2D eigenvalue weighted by Gasteiger charge is -2.34. The van der Waals surface area contributed by atoms with Crippen molar-refractivity contribution in [2.75, 3.05) is 19.6 Å². The van der Waals surface area contributed by atoms with Gasteiger partial charge in [-0.05, 0) is 125 Å². The molecule has 4 heterocycles. The van der Waals surface area contributed by atoms with Crippen LogP contribution in [-0.4, -0.2) is 51.4 Å². The predicted molar refractivity (Wildman–Crippen MR) is 171 cm³/mol. The zero-order valence-electron chi connectivity index (χ0n) is 25.8. The highest BCUT2D eigenvalue weighted by atomic mass is 16.2. The van der Waals surface area contributed by atoms with Crippen LogP contribution in [0.15, 0.2) is 55.0 Å². The van der Waals surface area contributed by atoms with Gasteiger partial charge in [0.15, 0.2) is 0 Å². The van der Waals surface area contributed by atoms with E-state index in [4.69, 9.17) is 4.98 Å². The Balaban J connectivity index is 1.29. The van der Waals surface area contributed by atoms with Crippen LogP contribution >= 0.6 is 0 Å². The number of rotatable bonds is 10. The van der Waals surface area contributed by atoms with Crippen LogP contribution in [0.5, 0.6) is 0 Å². The minimum atomic E-state index is -0.679. The van der Waals surface area contributed by atoms with Gasteiger partial charge in [0.25, 0.3) is 0 Å². The van der Waals surface area contributed by atoms with Gasteiger partial charge >= 0.3 is 0 Å². The number of aromatic amines is 1. The number of carbonyl (C=O) groups excluding carboxylic acids is 1. The second-order valence-corrected chi connectivity index (χ2v) is 13.4. The Labute approximate surface area is 250 Å². The Morgan fingerprint density at radius 1 is 1.12 bits per heavy atom. The Morgan fingerprint density at radius 3 is 2.57 bits per heavy atom. The first-order valence-electron chi connectivity index (χ1n) is 15.7. The zero-order chi connectivity index (χ0) is 29.4. The third-order valence-corrected chi connectivity index (χ3v) is 9.59. The molecule has 2 unspecified atom stereocenters. The molecule has 2 bridgehead atoms. The normalized spacial score (nSPS) is 19.1. The van der Waals surface area contributed by atoms with Crippen LogP contribution < -0.4 is 5.32 Å². The Kier molecular flexibility index (Phi) is 7.93. The monoisotopic (exact) mass is 563 g/mol. The summed E-state index contributed by atoms with van der Waals surface area (Å²) < 4.78 is 0. The van der Waals surface area contributed by atoms with E-state index in [2.05, 4.69) is 91.2 Å². The van der Waals surface area contributed by atoms with E-state index in [1.165, 1.54) is 46.0 Å². The Morgan fingerprint density at radius 2 is 1.88 bits per heavy atom. The summed E-state index contributed by atoms with van der Waals surface area (Å²) in [5.74, 6) is 1.16. The number of aromatic nitrogens is 3. The molecular formula is C36H45N5O. The van der Waals surface area contributed by atoms with E-state index in [0.29, 0.717) is 12.0 Å². The molecule has 1 aliphatic carbocycles. The fraction of sp³-hybridized carbons (Fsp3) is 0.472. The molecule has 6 heteroatoms. The summed E-state index contributed by atoms with van der Waals surface area (Å²) in [7, 11) is 0. The molecule has 2 N–H and O–H groups in total. The molecule has 220 valence electrons. The van der Waals surface area contributed by atoms with E-state index in [1.54, 1.807) is 0 Å². The van der Waals surface area contributed by atoms with E-state index in [1.807, 2.05) is 18.6 Å². The maximum absolute atomic E-state index is 13.9. The average molecular weight is 564 g/mol. The van der Waals surface area contributed by atoms with Gasteiger partial charge in [-0.2, -0.15) is 0 Å².